The predicted molar refractivity (Wildman–Crippen MR) is 65.3 cm³/mol. The molecule has 0 saturated heterocycles. The van der Waals surface area contributed by atoms with Gasteiger partial charge in [-0.15, -0.1) is 0 Å². The van der Waals surface area contributed by atoms with E-state index >= 15 is 0 Å². The number of fused-ring (bicyclic) bond motifs is 1. The summed E-state index contributed by atoms with van der Waals surface area (Å²) in [6, 6.07) is 6.49. The number of hydrogen-bond acceptors (Lipinski definition) is 2. The molecule has 1 N–H and O–H groups in total. The van der Waals surface area contributed by atoms with Crippen molar-refractivity contribution in [3.8, 4) is 0 Å². The third-order valence-corrected chi connectivity index (χ3v) is 3.25. The van der Waals surface area contributed by atoms with Gasteiger partial charge in [0.05, 0.1) is 5.69 Å². The zero-order valence-corrected chi connectivity index (χ0v) is 10.2. The lowest BCUT2D eigenvalue weighted by Crippen LogP contribution is -2.26. The Morgan fingerprint density at radius 1 is 1.53 bits per heavy atom. The number of nitrogens with one attached hydrogen (secondary N) is 1. The molecule has 2 rings (SSSR count). The Labute approximate surface area is 97.6 Å². The molecule has 0 saturated carbocycles. The lowest BCUT2D eigenvalue weighted by atomic mass is 10.3. The summed E-state index contributed by atoms with van der Waals surface area (Å²) in [4.78, 5) is 4.50. The molecule has 2 heterocycles. The first-order valence-electron chi connectivity index (χ1n) is 5.01. The maximum Gasteiger partial charge on any atom is 0.137 e. The number of aromatic nitrogens is 2. The van der Waals surface area contributed by atoms with Crippen LogP contribution in [0.3, 0.4) is 0 Å². The molecule has 1 atom stereocenters. The topological polar surface area (TPSA) is 29.3 Å². The molecule has 3 nitrogen and oxygen atoms in total. The molecule has 0 aliphatic heterocycles. The van der Waals surface area contributed by atoms with E-state index < -0.39 is 0 Å². The van der Waals surface area contributed by atoms with Gasteiger partial charge in [0.1, 0.15) is 5.65 Å². The van der Waals surface area contributed by atoms with Crippen molar-refractivity contribution in [3.05, 3.63) is 36.3 Å². The van der Waals surface area contributed by atoms with E-state index in [2.05, 4.69) is 39.4 Å². The highest BCUT2D eigenvalue weighted by Crippen LogP contribution is 2.04. The van der Waals surface area contributed by atoms with Crippen molar-refractivity contribution in [2.45, 2.75) is 19.5 Å². The molecule has 4 heteroatoms. The van der Waals surface area contributed by atoms with E-state index in [1.54, 1.807) is 0 Å². The van der Waals surface area contributed by atoms with Crippen molar-refractivity contribution >= 4 is 21.6 Å². The normalized spacial score (nSPS) is 13.2. The Morgan fingerprint density at radius 2 is 2.40 bits per heavy atom. The maximum absolute atomic E-state index is 4.50. The molecular weight excluding hydrogens is 254 g/mol. The first-order chi connectivity index (χ1) is 7.29. The quantitative estimate of drug-likeness (QED) is 0.861. The van der Waals surface area contributed by atoms with Crippen molar-refractivity contribution in [1.82, 2.24) is 14.7 Å². The fraction of sp³-hybridized carbons (Fsp3) is 0.364. The Balaban J connectivity index is 2.09. The van der Waals surface area contributed by atoms with Crippen molar-refractivity contribution in [2.24, 2.45) is 0 Å². The zero-order chi connectivity index (χ0) is 10.7. The Kier molecular flexibility index (Phi) is 3.38. The number of rotatable bonds is 4. The molecule has 0 radical (unpaired) electrons. The van der Waals surface area contributed by atoms with Gasteiger partial charge in [0.15, 0.2) is 0 Å². The Morgan fingerprint density at radius 3 is 3.13 bits per heavy atom. The van der Waals surface area contributed by atoms with Crippen LogP contribution >= 0.6 is 15.9 Å². The predicted octanol–water partition coefficient (Wildman–Crippen LogP) is 2.21. The summed E-state index contributed by atoms with van der Waals surface area (Å²) >= 11 is 3.43. The molecule has 15 heavy (non-hydrogen) atoms. The average molecular weight is 268 g/mol. The average Bonchev–Trinajstić information content (AvgIpc) is 2.68. The summed E-state index contributed by atoms with van der Waals surface area (Å²) in [6.45, 7) is 2.96. The molecule has 2 aromatic heterocycles. The third kappa shape index (κ3) is 2.58. The van der Waals surface area contributed by atoms with E-state index in [9.17, 15) is 0 Å². The summed E-state index contributed by atoms with van der Waals surface area (Å²) in [5.41, 5.74) is 2.08. The van der Waals surface area contributed by atoms with Crippen molar-refractivity contribution in [2.75, 3.05) is 5.33 Å². The van der Waals surface area contributed by atoms with Gasteiger partial charge in [0.25, 0.3) is 0 Å². The second-order valence-electron chi connectivity index (χ2n) is 3.63. The monoisotopic (exact) mass is 267 g/mol. The van der Waals surface area contributed by atoms with Crippen molar-refractivity contribution in [1.29, 1.82) is 0 Å². The van der Waals surface area contributed by atoms with Crippen molar-refractivity contribution < 1.29 is 0 Å². The fourth-order valence-corrected chi connectivity index (χ4v) is 1.63. The van der Waals surface area contributed by atoms with E-state index in [1.807, 2.05) is 28.8 Å². The van der Waals surface area contributed by atoms with Crippen LogP contribution in [0, 0.1) is 0 Å². The molecule has 1 unspecified atom stereocenters. The number of imidazole rings is 1. The molecule has 0 bridgehead atoms. The highest BCUT2D eigenvalue weighted by atomic mass is 79.9. The SMILES string of the molecule is CC(CBr)NCc1cn2ccccc2n1. The minimum absolute atomic E-state index is 0.467. The molecule has 0 amide bonds. The van der Waals surface area contributed by atoms with Gasteiger partial charge >= 0.3 is 0 Å². The first-order valence-corrected chi connectivity index (χ1v) is 6.13. The van der Waals surface area contributed by atoms with Gasteiger partial charge in [-0.2, -0.15) is 0 Å². The van der Waals surface area contributed by atoms with Crippen LogP contribution in [-0.4, -0.2) is 20.8 Å². The van der Waals surface area contributed by atoms with Gasteiger partial charge in [-0.1, -0.05) is 22.0 Å². The van der Waals surface area contributed by atoms with Gasteiger partial charge in [-0.25, -0.2) is 4.98 Å². The summed E-state index contributed by atoms with van der Waals surface area (Å²) in [6.07, 6.45) is 4.07. The molecule has 0 spiro atoms. The first kappa shape index (κ1) is 10.6. The fourth-order valence-electron chi connectivity index (χ4n) is 1.41. The molecule has 80 valence electrons. The number of hydrogen-bond donors (Lipinski definition) is 1. The number of nitrogens with zero attached hydrogens (tertiary/aromatic N) is 2. The van der Waals surface area contributed by atoms with E-state index in [4.69, 9.17) is 0 Å². The molecule has 0 aliphatic carbocycles. The van der Waals surface area contributed by atoms with Crippen LogP contribution in [-0.2, 0) is 6.54 Å². The summed E-state index contributed by atoms with van der Waals surface area (Å²) in [5, 5.41) is 4.35. The lowest BCUT2D eigenvalue weighted by molar-refractivity contribution is 0.592. The lowest BCUT2D eigenvalue weighted by Gasteiger charge is -2.07. The number of pyridine rings is 1. The van der Waals surface area contributed by atoms with Crippen LogP contribution in [0.25, 0.3) is 5.65 Å². The third-order valence-electron chi connectivity index (χ3n) is 2.28. The minimum Gasteiger partial charge on any atom is -0.308 e. The standard InChI is InChI=1S/C11H14BrN3/c1-9(6-12)13-7-10-8-15-5-3-2-4-11(15)14-10/h2-5,8-9,13H,6-7H2,1H3. The van der Waals surface area contributed by atoms with Crippen LogP contribution in [0.4, 0.5) is 0 Å². The van der Waals surface area contributed by atoms with E-state index in [1.165, 1.54) is 0 Å². The highest BCUT2D eigenvalue weighted by Gasteiger charge is 2.02. The second kappa shape index (κ2) is 4.77. The van der Waals surface area contributed by atoms with E-state index in [0.717, 1.165) is 23.2 Å². The Hall–Kier alpha value is -0.870. The van der Waals surface area contributed by atoms with Gasteiger partial charge in [-0.3, -0.25) is 0 Å². The van der Waals surface area contributed by atoms with Gasteiger partial charge in [-0.05, 0) is 19.1 Å². The maximum atomic E-state index is 4.50. The molecule has 0 aromatic carbocycles. The largest absolute Gasteiger partial charge is 0.308 e. The summed E-state index contributed by atoms with van der Waals surface area (Å²) in [7, 11) is 0. The smallest absolute Gasteiger partial charge is 0.137 e. The van der Waals surface area contributed by atoms with Crippen molar-refractivity contribution in [3.63, 3.8) is 0 Å². The summed E-state index contributed by atoms with van der Waals surface area (Å²) in [5.74, 6) is 0. The molecular formula is C11H14BrN3. The minimum atomic E-state index is 0.467. The molecule has 0 aliphatic rings. The van der Waals surface area contributed by atoms with Gasteiger partial charge in [0, 0.05) is 30.3 Å². The summed E-state index contributed by atoms with van der Waals surface area (Å²) < 4.78 is 2.04. The van der Waals surface area contributed by atoms with Crippen LogP contribution in [0.15, 0.2) is 30.6 Å². The molecule has 0 fully saturated rings. The van der Waals surface area contributed by atoms with Gasteiger partial charge in [0.2, 0.25) is 0 Å². The van der Waals surface area contributed by atoms with Crippen LogP contribution in [0.1, 0.15) is 12.6 Å². The van der Waals surface area contributed by atoms with Crippen LogP contribution in [0.5, 0.6) is 0 Å². The highest BCUT2D eigenvalue weighted by molar-refractivity contribution is 9.09. The van der Waals surface area contributed by atoms with Gasteiger partial charge < -0.3 is 9.72 Å². The second-order valence-corrected chi connectivity index (χ2v) is 4.28. The van der Waals surface area contributed by atoms with E-state index in [0.29, 0.717) is 6.04 Å². The van der Waals surface area contributed by atoms with E-state index in [-0.39, 0.29) is 0 Å². The number of alkyl halides is 1. The number of halogens is 1. The molecule has 2 aromatic rings. The zero-order valence-electron chi connectivity index (χ0n) is 8.65. The van der Waals surface area contributed by atoms with Crippen LogP contribution in [0.2, 0.25) is 0 Å². The van der Waals surface area contributed by atoms with Crippen LogP contribution < -0.4 is 5.32 Å². The Bertz CT molecular complexity index is 405.